The first-order valence-electron chi connectivity index (χ1n) is 8.77. The lowest BCUT2D eigenvalue weighted by molar-refractivity contribution is -0.130. The zero-order valence-corrected chi connectivity index (χ0v) is 16.8. The van der Waals surface area contributed by atoms with Gasteiger partial charge in [-0.2, -0.15) is 10.4 Å². The second-order valence-electron chi connectivity index (χ2n) is 6.63. The minimum Gasteiger partial charge on any atom is -0.341 e. The number of nitriles is 1. The van der Waals surface area contributed by atoms with Gasteiger partial charge in [0.05, 0.1) is 29.8 Å². The minimum atomic E-state index is -0.182. The summed E-state index contributed by atoms with van der Waals surface area (Å²) in [7, 11) is 0. The van der Waals surface area contributed by atoms with Gasteiger partial charge in [0.2, 0.25) is 5.91 Å². The molecule has 1 unspecified atom stereocenters. The Morgan fingerprint density at radius 3 is 2.65 bits per heavy atom. The summed E-state index contributed by atoms with van der Waals surface area (Å²) in [6.07, 6.45) is 0.281. The molecule has 1 aromatic heterocycles. The standard InChI is InChI=1S/C20H25ClN4O/c1-6-24(12-13(2)11-22)20(26)10-18-15(4)23-25(16(18)5)17-8-7-14(3)19(21)9-17/h7-9,13H,6,10,12H2,1-5H3. The third kappa shape index (κ3) is 4.25. The first-order chi connectivity index (χ1) is 12.3. The van der Waals surface area contributed by atoms with E-state index in [4.69, 9.17) is 16.9 Å². The van der Waals surface area contributed by atoms with Crippen LogP contribution in [0.4, 0.5) is 0 Å². The van der Waals surface area contributed by atoms with E-state index in [0.717, 1.165) is 28.2 Å². The molecule has 0 aliphatic carbocycles. The smallest absolute Gasteiger partial charge is 0.227 e. The second-order valence-corrected chi connectivity index (χ2v) is 7.04. The van der Waals surface area contributed by atoms with Crippen LogP contribution in [0.3, 0.4) is 0 Å². The van der Waals surface area contributed by atoms with E-state index in [9.17, 15) is 4.79 Å². The fourth-order valence-corrected chi connectivity index (χ4v) is 3.11. The van der Waals surface area contributed by atoms with Crippen LogP contribution in [-0.4, -0.2) is 33.7 Å². The Bertz CT molecular complexity index is 850. The number of benzene rings is 1. The molecule has 1 heterocycles. The lowest BCUT2D eigenvalue weighted by Crippen LogP contribution is -2.35. The molecule has 1 aromatic carbocycles. The van der Waals surface area contributed by atoms with Crippen LogP contribution in [0.25, 0.3) is 5.69 Å². The molecule has 1 amide bonds. The molecule has 2 aromatic rings. The number of likely N-dealkylation sites (N-methyl/N-ethyl adjacent to an activating group) is 1. The Labute approximate surface area is 160 Å². The maximum atomic E-state index is 12.7. The van der Waals surface area contributed by atoms with Crippen molar-refractivity contribution < 1.29 is 4.79 Å². The number of nitrogens with zero attached hydrogens (tertiary/aromatic N) is 4. The quantitative estimate of drug-likeness (QED) is 0.769. The zero-order valence-electron chi connectivity index (χ0n) is 16.0. The topological polar surface area (TPSA) is 61.9 Å². The molecule has 0 aliphatic rings. The lowest BCUT2D eigenvalue weighted by atomic mass is 10.1. The van der Waals surface area contributed by atoms with E-state index in [1.54, 1.807) is 4.90 Å². The highest BCUT2D eigenvalue weighted by atomic mass is 35.5. The molecule has 6 heteroatoms. The Kier molecular flexibility index (Phi) is 6.44. The number of aryl methyl sites for hydroxylation is 2. The van der Waals surface area contributed by atoms with Gasteiger partial charge < -0.3 is 4.90 Å². The number of hydrogen-bond acceptors (Lipinski definition) is 3. The van der Waals surface area contributed by atoms with E-state index in [2.05, 4.69) is 11.2 Å². The SMILES string of the molecule is CCN(CC(C)C#N)C(=O)Cc1c(C)nn(-c2ccc(C)c(Cl)c2)c1C. The normalized spacial score (nSPS) is 11.9. The Balaban J connectivity index is 2.28. The summed E-state index contributed by atoms with van der Waals surface area (Å²) in [5, 5.41) is 14.3. The van der Waals surface area contributed by atoms with Gasteiger partial charge in [-0.1, -0.05) is 17.7 Å². The fraction of sp³-hybridized carbons (Fsp3) is 0.450. The molecule has 0 aliphatic heterocycles. The summed E-state index contributed by atoms with van der Waals surface area (Å²) in [4.78, 5) is 14.4. The molecule has 0 bridgehead atoms. The number of aromatic nitrogens is 2. The molecule has 1 atom stereocenters. The number of hydrogen-bond donors (Lipinski definition) is 0. The van der Waals surface area contributed by atoms with Gasteiger partial charge >= 0.3 is 0 Å². The highest BCUT2D eigenvalue weighted by Crippen LogP contribution is 2.23. The second kappa shape index (κ2) is 8.37. The number of amides is 1. The number of carbonyl (C=O) groups is 1. The van der Waals surface area contributed by atoms with E-state index in [1.165, 1.54) is 0 Å². The molecule has 0 radical (unpaired) electrons. The van der Waals surface area contributed by atoms with Crippen molar-refractivity contribution in [2.45, 2.75) is 41.0 Å². The molecular weight excluding hydrogens is 348 g/mol. The van der Waals surface area contributed by atoms with Gasteiger partial charge in [-0.05, 0) is 52.3 Å². The average Bonchev–Trinajstić information content (AvgIpc) is 2.89. The van der Waals surface area contributed by atoms with Gasteiger partial charge in [0, 0.05) is 29.4 Å². The molecular formula is C20H25ClN4O. The number of rotatable bonds is 6. The van der Waals surface area contributed by atoms with Gasteiger partial charge in [0.25, 0.3) is 0 Å². The van der Waals surface area contributed by atoms with E-state index in [1.807, 2.05) is 57.5 Å². The average molecular weight is 373 g/mol. The molecule has 138 valence electrons. The van der Waals surface area contributed by atoms with Crippen molar-refractivity contribution in [2.24, 2.45) is 5.92 Å². The van der Waals surface area contributed by atoms with E-state index in [0.29, 0.717) is 18.1 Å². The van der Waals surface area contributed by atoms with Crippen molar-refractivity contribution in [1.82, 2.24) is 14.7 Å². The van der Waals surface area contributed by atoms with Gasteiger partial charge in [-0.15, -0.1) is 0 Å². The van der Waals surface area contributed by atoms with Gasteiger partial charge in [0.1, 0.15) is 0 Å². The molecule has 0 fully saturated rings. The number of halogens is 1. The maximum Gasteiger partial charge on any atom is 0.227 e. The van der Waals surface area contributed by atoms with Crippen LogP contribution in [0, 0.1) is 38.0 Å². The summed E-state index contributed by atoms with van der Waals surface area (Å²) in [6.45, 7) is 10.6. The van der Waals surface area contributed by atoms with Crippen molar-refractivity contribution in [3.8, 4) is 11.8 Å². The monoisotopic (exact) mass is 372 g/mol. The van der Waals surface area contributed by atoms with Crippen LogP contribution in [0.1, 0.15) is 36.4 Å². The summed E-state index contributed by atoms with van der Waals surface area (Å²) in [5.41, 5.74) is 4.58. The van der Waals surface area contributed by atoms with Crippen molar-refractivity contribution in [3.05, 3.63) is 45.7 Å². The predicted molar refractivity (Wildman–Crippen MR) is 104 cm³/mol. The summed E-state index contributed by atoms with van der Waals surface area (Å²) in [6, 6.07) is 8.00. The summed E-state index contributed by atoms with van der Waals surface area (Å²) < 4.78 is 1.83. The largest absolute Gasteiger partial charge is 0.341 e. The molecule has 0 N–H and O–H groups in total. The van der Waals surface area contributed by atoms with E-state index < -0.39 is 0 Å². The van der Waals surface area contributed by atoms with Gasteiger partial charge in [-0.3, -0.25) is 4.79 Å². The Morgan fingerprint density at radius 1 is 1.38 bits per heavy atom. The van der Waals surface area contributed by atoms with Crippen LogP contribution in [0.2, 0.25) is 5.02 Å². The van der Waals surface area contributed by atoms with Crippen molar-refractivity contribution >= 4 is 17.5 Å². The third-order valence-corrected chi connectivity index (χ3v) is 5.03. The van der Waals surface area contributed by atoms with Crippen LogP contribution >= 0.6 is 11.6 Å². The highest BCUT2D eigenvalue weighted by molar-refractivity contribution is 6.31. The van der Waals surface area contributed by atoms with E-state index in [-0.39, 0.29) is 18.2 Å². The highest BCUT2D eigenvalue weighted by Gasteiger charge is 2.20. The molecule has 0 saturated carbocycles. The third-order valence-electron chi connectivity index (χ3n) is 4.62. The zero-order chi connectivity index (χ0) is 19.4. The Hall–Kier alpha value is -2.32. The molecule has 0 spiro atoms. The first kappa shape index (κ1) is 20.0. The van der Waals surface area contributed by atoms with Crippen molar-refractivity contribution in [2.75, 3.05) is 13.1 Å². The first-order valence-corrected chi connectivity index (χ1v) is 9.15. The predicted octanol–water partition coefficient (Wildman–Crippen LogP) is 4.00. The molecule has 26 heavy (non-hydrogen) atoms. The summed E-state index contributed by atoms with van der Waals surface area (Å²) in [5.74, 6) is -0.166. The van der Waals surface area contributed by atoms with Crippen LogP contribution in [-0.2, 0) is 11.2 Å². The summed E-state index contributed by atoms with van der Waals surface area (Å²) >= 11 is 6.24. The van der Waals surface area contributed by atoms with Crippen molar-refractivity contribution in [1.29, 1.82) is 5.26 Å². The van der Waals surface area contributed by atoms with E-state index >= 15 is 0 Å². The molecule has 0 saturated heterocycles. The molecule has 2 rings (SSSR count). The number of carbonyl (C=O) groups excluding carboxylic acids is 1. The molecule has 5 nitrogen and oxygen atoms in total. The van der Waals surface area contributed by atoms with Crippen LogP contribution in [0.15, 0.2) is 18.2 Å². The van der Waals surface area contributed by atoms with Gasteiger partial charge in [-0.25, -0.2) is 4.68 Å². The minimum absolute atomic E-state index is 0.0160. The fourth-order valence-electron chi connectivity index (χ4n) is 2.94. The maximum absolute atomic E-state index is 12.7. The van der Waals surface area contributed by atoms with Crippen LogP contribution < -0.4 is 0 Å². The Morgan fingerprint density at radius 2 is 2.08 bits per heavy atom. The van der Waals surface area contributed by atoms with Gasteiger partial charge in [0.15, 0.2) is 0 Å². The van der Waals surface area contributed by atoms with Crippen LogP contribution in [0.5, 0.6) is 0 Å². The lowest BCUT2D eigenvalue weighted by Gasteiger charge is -2.22. The van der Waals surface area contributed by atoms with Crippen molar-refractivity contribution in [3.63, 3.8) is 0 Å².